The van der Waals surface area contributed by atoms with Gasteiger partial charge in [-0.3, -0.25) is 4.98 Å². The average Bonchev–Trinajstić information content (AvgIpc) is 2.29. The van der Waals surface area contributed by atoms with Gasteiger partial charge in [0, 0.05) is 11.6 Å². The van der Waals surface area contributed by atoms with E-state index >= 15 is 0 Å². The molecule has 0 aliphatic rings. The van der Waals surface area contributed by atoms with E-state index in [4.69, 9.17) is 11.6 Å². The van der Waals surface area contributed by atoms with Crippen LogP contribution in [0.2, 0.25) is 5.02 Å². The van der Waals surface area contributed by atoms with E-state index in [2.05, 4.69) is 24.1 Å². The van der Waals surface area contributed by atoms with E-state index in [-0.39, 0.29) is 0 Å². The van der Waals surface area contributed by atoms with Crippen molar-refractivity contribution in [2.45, 2.75) is 13.3 Å². The molecule has 76 valence electrons. The van der Waals surface area contributed by atoms with Gasteiger partial charge in [-0.1, -0.05) is 36.7 Å². The van der Waals surface area contributed by atoms with Gasteiger partial charge in [0.05, 0.1) is 10.5 Å². The number of benzene rings is 1. The molecule has 2 rings (SSSR count). The third-order valence-electron chi connectivity index (χ3n) is 2.28. The molecule has 0 bridgehead atoms. The Bertz CT molecular complexity index is 503. The first-order valence-electron chi connectivity index (χ1n) is 5.02. The second-order valence-electron chi connectivity index (χ2n) is 3.35. The first-order chi connectivity index (χ1) is 7.33. The maximum absolute atomic E-state index is 6.29. The summed E-state index contributed by atoms with van der Waals surface area (Å²) in [5, 5.41) is 1.79. The number of allylic oxidation sites excluding steroid dienone is 1. The predicted molar refractivity (Wildman–Crippen MR) is 66.1 cm³/mol. The van der Waals surface area contributed by atoms with Crippen LogP contribution >= 0.6 is 11.6 Å². The SMILES string of the molecule is CC/C=C/c1ccc2ncccc2c1Cl. The fourth-order valence-corrected chi connectivity index (χ4v) is 1.79. The van der Waals surface area contributed by atoms with E-state index in [9.17, 15) is 0 Å². The van der Waals surface area contributed by atoms with Gasteiger partial charge >= 0.3 is 0 Å². The summed E-state index contributed by atoms with van der Waals surface area (Å²) >= 11 is 6.29. The van der Waals surface area contributed by atoms with E-state index in [0.717, 1.165) is 27.9 Å². The second kappa shape index (κ2) is 4.45. The van der Waals surface area contributed by atoms with Gasteiger partial charge in [-0.15, -0.1) is 0 Å². The minimum Gasteiger partial charge on any atom is -0.256 e. The summed E-state index contributed by atoms with van der Waals surface area (Å²) in [4.78, 5) is 4.25. The van der Waals surface area contributed by atoms with E-state index in [0.29, 0.717) is 0 Å². The van der Waals surface area contributed by atoms with Crippen LogP contribution in [0.1, 0.15) is 18.9 Å². The number of hydrogen-bond donors (Lipinski definition) is 0. The molecule has 0 saturated carbocycles. The van der Waals surface area contributed by atoms with Crippen LogP contribution in [0, 0.1) is 0 Å². The lowest BCUT2D eigenvalue weighted by atomic mass is 10.1. The van der Waals surface area contributed by atoms with Crippen molar-refractivity contribution in [3.63, 3.8) is 0 Å². The van der Waals surface area contributed by atoms with Crippen molar-refractivity contribution in [1.29, 1.82) is 0 Å². The highest BCUT2D eigenvalue weighted by molar-refractivity contribution is 6.36. The molecule has 1 aromatic heterocycles. The van der Waals surface area contributed by atoms with Gasteiger partial charge in [-0.25, -0.2) is 0 Å². The summed E-state index contributed by atoms with van der Waals surface area (Å²) in [6, 6.07) is 7.90. The zero-order valence-corrected chi connectivity index (χ0v) is 9.33. The molecular formula is C13H12ClN. The third kappa shape index (κ3) is 2.02. The van der Waals surface area contributed by atoms with Crippen LogP contribution in [-0.2, 0) is 0 Å². The number of hydrogen-bond acceptors (Lipinski definition) is 1. The van der Waals surface area contributed by atoms with Crippen molar-refractivity contribution in [3.8, 4) is 0 Å². The summed E-state index contributed by atoms with van der Waals surface area (Å²) in [5.41, 5.74) is 2.00. The van der Waals surface area contributed by atoms with E-state index < -0.39 is 0 Å². The molecule has 15 heavy (non-hydrogen) atoms. The van der Waals surface area contributed by atoms with Crippen molar-refractivity contribution in [2.24, 2.45) is 0 Å². The molecule has 1 nitrogen and oxygen atoms in total. The van der Waals surface area contributed by atoms with Gasteiger partial charge in [0.1, 0.15) is 0 Å². The van der Waals surface area contributed by atoms with Crippen molar-refractivity contribution in [3.05, 3.63) is 47.1 Å². The van der Waals surface area contributed by atoms with Crippen molar-refractivity contribution in [1.82, 2.24) is 4.98 Å². The zero-order valence-electron chi connectivity index (χ0n) is 8.57. The van der Waals surface area contributed by atoms with E-state index in [1.807, 2.05) is 24.3 Å². The van der Waals surface area contributed by atoms with Crippen LogP contribution in [0.25, 0.3) is 17.0 Å². The molecule has 0 atom stereocenters. The quantitative estimate of drug-likeness (QED) is 0.731. The van der Waals surface area contributed by atoms with Crippen molar-refractivity contribution >= 4 is 28.6 Å². The van der Waals surface area contributed by atoms with Gasteiger partial charge in [0.2, 0.25) is 0 Å². The fraction of sp³-hybridized carbons (Fsp3) is 0.154. The molecule has 0 N–H and O–H groups in total. The number of pyridine rings is 1. The smallest absolute Gasteiger partial charge is 0.0717 e. The van der Waals surface area contributed by atoms with Gasteiger partial charge in [0.15, 0.2) is 0 Å². The van der Waals surface area contributed by atoms with Crippen LogP contribution in [0.5, 0.6) is 0 Å². The topological polar surface area (TPSA) is 12.9 Å². The minimum atomic E-state index is 0.783. The number of aromatic nitrogens is 1. The Labute approximate surface area is 94.4 Å². The normalized spacial score (nSPS) is 11.3. The minimum absolute atomic E-state index is 0.783. The van der Waals surface area contributed by atoms with Crippen LogP contribution < -0.4 is 0 Å². The van der Waals surface area contributed by atoms with E-state index in [1.165, 1.54) is 0 Å². The first kappa shape index (κ1) is 10.2. The van der Waals surface area contributed by atoms with Crippen molar-refractivity contribution < 1.29 is 0 Å². The molecule has 1 heterocycles. The summed E-state index contributed by atoms with van der Waals surface area (Å²) in [6.45, 7) is 2.10. The van der Waals surface area contributed by atoms with Gasteiger partial charge in [-0.05, 0) is 30.2 Å². The number of fused-ring (bicyclic) bond motifs is 1. The molecule has 0 aliphatic heterocycles. The standard InChI is InChI=1S/C13H12ClN/c1-2-3-5-10-7-8-12-11(13(10)14)6-4-9-15-12/h3-9H,2H2,1H3/b5-3+. The van der Waals surface area contributed by atoms with Gasteiger partial charge in [-0.2, -0.15) is 0 Å². The highest BCUT2D eigenvalue weighted by atomic mass is 35.5. The molecule has 0 spiro atoms. The van der Waals surface area contributed by atoms with Crippen LogP contribution in [-0.4, -0.2) is 4.98 Å². The maximum Gasteiger partial charge on any atom is 0.0717 e. The lowest BCUT2D eigenvalue weighted by Gasteiger charge is -2.02. The van der Waals surface area contributed by atoms with Crippen LogP contribution in [0.4, 0.5) is 0 Å². The van der Waals surface area contributed by atoms with Gasteiger partial charge < -0.3 is 0 Å². The molecule has 0 unspecified atom stereocenters. The Morgan fingerprint density at radius 3 is 3.00 bits per heavy atom. The summed E-state index contributed by atoms with van der Waals surface area (Å²) in [5.74, 6) is 0. The zero-order chi connectivity index (χ0) is 10.7. The summed E-state index contributed by atoms with van der Waals surface area (Å²) < 4.78 is 0. The Kier molecular flexibility index (Phi) is 3.02. The fourth-order valence-electron chi connectivity index (χ4n) is 1.51. The highest BCUT2D eigenvalue weighted by Crippen LogP contribution is 2.26. The van der Waals surface area contributed by atoms with Gasteiger partial charge in [0.25, 0.3) is 0 Å². The number of nitrogens with zero attached hydrogens (tertiary/aromatic N) is 1. The van der Waals surface area contributed by atoms with Crippen LogP contribution in [0.3, 0.4) is 0 Å². The molecule has 0 aliphatic carbocycles. The molecule has 0 fully saturated rings. The molecule has 0 saturated heterocycles. The molecule has 2 heteroatoms. The predicted octanol–water partition coefficient (Wildman–Crippen LogP) is 4.31. The summed E-state index contributed by atoms with van der Waals surface area (Å²) in [7, 11) is 0. The Balaban J connectivity index is 2.60. The molecule has 2 aromatic rings. The Morgan fingerprint density at radius 2 is 2.20 bits per heavy atom. The number of halogens is 1. The van der Waals surface area contributed by atoms with Crippen LogP contribution in [0.15, 0.2) is 36.5 Å². The average molecular weight is 218 g/mol. The Morgan fingerprint density at radius 1 is 1.33 bits per heavy atom. The molecule has 1 aromatic carbocycles. The molecular weight excluding hydrogens is 206 g/mol. The molecule has 0 radical (unpaired) electrons. The monoisotopic (exact) mass is 217 g/mol. The maximum atomic E-state index is 6.29. The third-order valence-corrected chi connectivity index (χ3v) is 2.70. The lowest BCUT2D eigenvalue weighted by Crippen LogP contribution is -1.81. The lowest BCUT2D eigenvalue weighted by molar-refractivity contribution is 1.23. The van der Waals surface area contributed by atoms with E-state index in [1.54, 1.807) is 6.20 Å². The summed E-state index contributed by atoms with van der Waals surface area (Å²) in [6.07, 6.45) is 6.94. The molecule has 0 amide bonds. The largest absolute Gasteiger partial charge is 0.256 e. The van der Waals surface area contributed by atoms with Crippen molar-refractivity contribution in [2.75, 3.05) is 0 Å². The number of rotatable bonds is 2. The first-order valence-corrected chi connectivity index (χ1v) is 5.40. The highest BCUT2D eigenvalue weighted by Gasteiger charge is 2.02. The Hall–Kier alpha value is -1.34. The second-order valence-corrected chi connectivity index (χ2v) is 3.73.